The molecular weight excluding hydrogens is 328 g/mol. The molecule has 154 valence electrons. The molecule has 0 radical (unpaired) electrons. The second-order valence-corrected chi connectivity index (χ2v) is 13.4. The summed E-state index contributed by atoms with van der Waals surface area (Å²) in [5, 5.41) is 0. The first-order chi connectivity index (χ1) is 12.5. The van der Waals surface area contributed by atoms with E-state index >= 15 is 0 Å². The first-order valence-electron chi connectivity index (χ1n) is 11.9. The van der Waals surface area contributed by atoms with E-state index in [4.69, 9.17) is 0 Å². The summed E-state index contributed by atoms with van der Waals surface area (Å²) in [6, 6.07) is 1.64. The summed E-state index contributed by atoms with van der Waals surface area (Å²) in [5.74, 6) is 0.984. The Balaban J connectivity index is 1.38. The topological polar surface area (TPSA) is 6.48 Å². The van der Waals surface area contributed by atoms with Crippen molar-refractivity contribution in [2.45, 2.75) is 99.1 Å². The summed E-state index contributed by atoms with van der Waals surface area (Å²) < 4.78 is 0. The van der Waals surface area contributed by atoms with Crippen molar-refractivity contribution in [1.82, 2.24) is 9.80 Å². The lowest BCUT2D eigenvalue weighted by Crippen LogP contribution is -2.42. The molecule has 2 nitrogen and oxygen atoms in total. The molecule has 4 atom stereocenters. The van der Waals surface area contributed by atoms with Crippen LogP contribution in [0.1, 0.15) is 87.0 Å². The highest BCUT2D eigenvalue weighted by molar-refractivity contribution is 5.28. The third kappa shape index (κ3) is 2.38. The molecule has 0 aromatic rings. The fraction of sp³-hybridized carbons (Fsp3) is 1.00. The summed E-state index contributed by atoms with van der Waals surface area (Å²) in [7, 11) is 0. The molecule has 5 fully saturated rings. The number of likely N-dealkylation sites (tertiary alicyclic amines) is 2. The SMILES string of the molecule is CC(C)N1CC2CC2(C(C)(C)CC23CN(C4CCC4)CC2(C(C)(C)C)C3)C1. The molecule has 3 saturated carbocycles. The maximum Gasteiger partial charge on any atom is 0.00957 e. The molecule has 5 aliphatic rings. The van der Waals surface area contributed by atoms with Crippen LogP contribution >= 0.6 is 0 Å². The number of fused-ring (bicyclic) bond motifs is 2. The van der Waals surface area contributed by atoms with Gasteiger partial charge in [0, 0.05) is 38.3 Å². The van der Waals surface area contributed by atoms with Gasteiger partial charge in [-0.25, -0.2) is 0 Å². The van der Waals surface area contributed by atoms with Crippen molar-refractivity contribution in [2.75, 3.05) is 26.2 Å². The van der Waals surface area contributed by atoms with E-state index < -0.39 is 0 Å². The molecule has 0 N–H and O–H groups in total. The van der Waals surface area contributed by atoms with Crippen molar-refractivity contribution in [3.8, 4) is 0 Å². The first-order valence-corrected chi connectivity index (χ1v) is 11.9. The van der Waals surface area contributed by atoms with Crippen molar-refractivity contribution >= 4 is 0 Å². The predicted octanol–water partition coefficient (Wildman–Crippen LogP) is 5.42. The van der Waals surface area contributed by atoms with Crippen LogP contribution in [0.15, 0.2) is 0 Å². The summed E-state index contributed by atoms with van der Waals surface area (Å²) in [4.78, 5) is 5.71. The Labute approximate surface area is 168 Å². The standard InChI is InChI=1S/C25H44N2/c1-18(2)26-12-19-11-24(19,16-26)22(6,7)13-23-14-25(23,21(3,4)5)17-27(15-23)20-9-8-10-20/h18-20H,8-17H2,1-7H3. The highest BCUT2D eigenvalue weighted by Gasteiger charge is 2.78. The Hall–Kier alpha value is -0.0800. The van der Waals surface area contributed by atoms with Crippen molar-refractivity contribution in [2.24, 2.45) is 33.0 Å². The van der Waals surface area contributed by atoms with Crippen molar-refractivity contribution in [1.29, 1.82) is 0 Å². The van der Waals surface area contributed by atoms with Gasteiger partial charge in [0.05, 0.1) is 0 Å². The highest BCUT2D eigenvalue weighted by Crippen LogP contribution is 2.81. The zero-order chi connectivity index (χ0) is 19.5. The Bertz CT molecular complexity index is 627. The Morgan fingerprint density at radius 1 is 1.00 bits per heavy atom. The van der Waals surface area contributed by atoms with Crippen LogP contribution in [0.5, 0.6) is 0 Å². The molecule has 27 heavy (non-hydrogen) atoms. The molecule has 0 spiro atoms. The predicted molar refractivity (Wildman–Crippen MR) is 114 cm³/mol. The average molecular weight is 373 g/mol. The average Bonchev–Trinajstić information content (AvgIpc) is 3.24. The van der Waals surface area contributed by atoms with Gasteiger partial charge < -0.3 is 4.90 Å². The van der Waals surface area contributed by atoms with Crippen molar-refractivity contribution < 1.29 is 0 Å². The number of hydrogen-bond acceptors (Lipinski definition) is 2. The van der Waals surface area contributed by atoms with Crippen LogP contribution in [0.3, 0.4) is 0 Å². The molecule has 2 saturated heterocycles. The lowest BCUT2D eigenvalue weighted by Gasteiger charge is -2.41. The van der Waals surface area contributed by atoms with Gasteiger partial charge in [0.25, 0.3) is 0 Å². The quantitative estimate of drug-likeness (QED) is 0.635. The van der Waals surface area contributed by atoms with Gasteiger partial charge in [-0.3, -0.25) is 4.90 Å². The smallest absolute Gasteiger partial charge is 0.00957 e. The van der Waals surface area contributed by atoms with Crippen LogP contribution in [0, 0.1) is 33.0 Å². The zero-order valence-corrected chi connectivity index (χ0v) is 19.2. The van der Waals surface area contributed by atoms with Gasteiger partial charge in [-0.15, -0.1) is 0 Å². The number of nitrogens with zero attached hydrogens (tertiary/aromatic N) is 2. The molecule has 0 aromatic carbocycles. The normalized spacial score (nSPS) is 45.1. The van der Waals surface area contributed by atoms with Gasteiger partial charge in [0.2, 0.25) is 0 Å². The van der Waals surface area contributed by atoms with Gasteiger partial charge in [0.15, 0.2) is 0 Å². The van der Waals surface area contributed by atoms with Crippen LogP contribution in [0.4, 0.5) is 0 Å². The van der Waals surface area contributed by atoms with E-state index in [9.17, 15) is 0 Å². The van der Waals surface area contributed by atoms with Gasteiger partial charge in [-0.05, 0) is 78.9 Å². The molecule has 4 unspecified atom stereocenters. The molecular formula is C25H44N2. The maximum absolute atomic E-state index is 2.94. The van der Waals surface area contributed by atoms with E-state index in [1.165, 1.54) is 64.7 Å². The molecule has 2 aliphatic heterocycles. The molecule has 0 bridgehead atoms. The monoisotopic (exact) mass is 372 g/mol. The Morgan fingerprint density at radius 2 is 1.70 bits per heavy atom. The van der Waals surface area contributed by atoms with E-state index in [2.05, 4.69) is 58.3 Å². The summed E-state index contributed by atoms with van der Waals surface area (Å²) >= 11 is 0. The van der Waals surface area contributed by atoms with Crippen LogP contribution in [-0.2, 0) is 0 Å². The van der Waals surface area contributed by atoms with E-state index in [0.29, 0.717) is 27.1 Å². The van der Waals surface area contributed by atoms with Crippen LogP contribution in [-0.4, -0.2) is 48.1 Å². The Kier molecular flexibility index (Phi) is 3.74. The van der Waals surface area contributed by atoms with Gasteiger partial charge >= 0.3 is 0 Å². The van der Waals surface area contributed by atoms with Gasteiger partial charge in [-0.1, -0.05) is 41.0 Å². The lowest BCUT2D eigenvalue weighted by atomic mass is 9.64. The molecule has 0 aromatic heterocycles. The lowest BCUT2D eigenvalue weighted by molar-refractivity contribution is 0.0823. The van der Waals surface area contributed by atoms with E-state index in [1.54, 1.807) is 0 Å². The number of hydrogen-bond donors (Lipinski definition) is 0. The minimum absolute atomic E-state index is 0.446. The molecule has 5 rings (SSSR count). The highest BCUT2D eigenvalue weighted by atomic mass is 15.3. The van der Waals surface area contributed by atoms with E-state index in [0.717, 1.165) is 18.0 Å². The second-order valence-electron chi connectivity index (χ2n) is 13.4. The zero-order valence-electron chi connectivity index (χ0n) is 19.2. The summed E-state index contributed by atoms with van der Waals surface area (Å²) in [5.41, 5.74) is 2.76. The first kappa shape index (κ1) is 18.9. The fourth-order valence-corrected chi connectivity index (χ4v) is 8.33. The summed E-state index contributed by atoms with van der Waals surface area (Å²) in [6.45, 7) is 23.3. The van der Waals surface area contributed by atoms with Gasteiger partial charge in [-0.2, -0.15) is 0 Å². The number of rotatable bonds is 5. The Morgan fingerprint density at radius 3 is 2.22 bits per heavy atom. The van der Waals surface area contributed by atoms with E-state index in [-0.39, 0.29) is 0 Å². The van der Waals surface area contributed by atoms with Crippen LogP contribution in [0.2, 0.25) is 0 Å². The third-order valence-corrected chi connectivity index (χ3v) is 10.6. The van der Waals surface area contributed by atoms with Gasteiger partial charge in [0.1, 0.15) is 0 Å². The van der Waals surface area contributed by atoms with E-state index in [1.807, 2.05) is 0 Å². The molecule has 2 heteroatoms. The second kappa shape index (κ2) is 5.34. The maximum atomic E-state index is 2.94. The molecule has 0 amide bonds. The minimum Gasteiger partial charge on any atom is -0.300 e. The van der Waals surface area contributed by atoms with Crippen LogP contribution < -0.4 is 0 Å². The molecule has 2 heterocycles. The summed E-state index contributed by atoms with van der Waals surface area (Å²) in [6.07, 6.45) is 8.89. The minimum atomic E-state index is 0.446. The largest absolute Gasteiger partial charge is 0.300 e. The molecule has 3 aliphatic carbocycles. The van der Waals surface area contributed by atoms with Crippen molar-refractivity contribution in [3.63, 3.8) is 0 Å². The fourth-order valence-electron chi connectivity index (χ4n) is 8.33. The third-order valence-electron chi connectivity index (χ3n) is 10.6. The van der Waals surface area contributed by atoms with Crippen LogP contribution in [0.25, 0.3) is 0 Å². The van der Waals surface area contributed by atoms with Crippen molar-refractivity contribution in [3.05, 3.63) is 0 Å². The number of piperidine rings is 2.